The van der Waals surface area contributed by atoms with E-state index < -0.39 is 11.1 Å². The summed E-state index contributed by atoms with van der Waals surface area (Å²) < 4.78 is 17.6. The average molecular weight is 339 g/mol. The van der Waals surface area contributed by atoms with Gasteiger partial charge in [0.25, 0.3) is 0 Å². The van der Waals surface area contributed by atoms with Gasteiger partial charge in [-0.2, -0.15) is 0 Å². The predicted molar refractivity (Wildman–Crippen MR) is 101 cm³/mol. The molecule has 3 heteroatoms. The first-order valence-corrected chi connectivity index (χ1v) is 10.5. The van der Waals surface area contributed by atoms with Gasteiger partial charge in [0.05, 0.1) is 5.25 Å². The number of benzene rings is 1. The van der Waals surface area contributed by atoms with Crippen LogP contribution in [0.2, 0.25) is 0 Å². The number of unbranched alkanes of at least 4 members (excludes halogenated alkanes) is 9. The zero-order valence-electron chi connectivity index (χ0n) is 15.0. The molecular formula is C20H34O2S. The minimum absolute atomic E-state index is 0.101. The highest BCUT2D eigenvalue weighted by Crippen LogP contribution is 2.16. The molecule has 23 heavy (non-hydrogen) atoms. The van der Waals surface area contributed by atoms with Crippen molar-refractivity contribution in [2.24, 2.45) is 0 Å². The summed E-state index contributed by atoms with van der Waals surface area (Å²) in [5.74, 6) is 0.695. The van der Waals surface area contributed by atoms with E-state index >= 15 is 0 Å². The second-order valence-electron chi connectivity index (χ2n) is 6.44. The number of hydrogen-bond donors (Lipinski definition) is 0. The van der Waals surface area contributed by atoms with Crippen molar-refractivity contribution in [1.29, 1.82) is 0 Å². The van der Waals surface area contributed by atoms with Gasteiger partial charge in [0.1, 0.15) is 5.75 Å². The van der Waals surface area contributed by atoms with Gasteiger partial charge < -0.3 is 4.18 Å². The maximum atomic E-state index is 12.1. The number of hydrogen-bond acceptors (Lipinski definition) is 2. The van der Waals surface area contributed by atoms with Crippen molar-refractivity contribution in [1.82, 2.24) is 0 Å². The van der Waals surface area contributed by atoms with Crippen LogP contribution < -0.4 is 4.18 Å². The Morgan fingerprint density at radius 3 is 1.96 bits per heavy atom. The maximum absolute atomic E-state index is 12.1. The average Bonchev–Trinajstić information content (AvgIpc) is 2.57. The van der Waals surface area contributed by atoms with Gasteiger partial charge in [-0.05, 0) is 25.5 Å². The van der Waals surface area contributed by atoms with Crippen LogP contribution in [0.1, 0.15) is 84.5 Å². The molecule has 0 saturated carbocycles. The molecule has 0 aromatic heterocycles. The van der Waals surface area contributed by atoms with Crippen LogP contribution in [0.15, 0.2) is 30.3 Å². The van der Waals surface area contributed by atoms with Crippen molar-refractivity contribution >= 4 is 11.1 Å². The van der Waals surface area contributed by atoms with Gasteiger partial charge in [-0.15, -0.1) is 0 Å². The zero-order valence-corrected chi connectivity index (χ0v) is 15.8. The normalized spacial score (nSPS) is 13.7. The maximum Gasteiger partial charge on any atom is 0.209 e. The Kier molecular flexibility index (Phi) is 11.9. The summed E-state index contributed by atoms with van der Waals surface area (Å²) in [6, 6.07) is 9.44. The fourth-order valence-electron chi connectivity index (χ4n) is 2.67. The Morgan fingerprint density at radius 2 is 1.39 bits per heavy atom. The molecule has 2 atom stereocenters. The van der Waals surface area contributed by atoms with E-state index in [0.717, 1.165) is 12.8 Å². The third-order valence-corrected chi connectivity index (χ3v) is 5.46. The van der Waals surface area contributed by atoms with Gasteiger partial charge in [-0.3, -0.25) is 0 Å². The molecule has 1 rings (SSSR count). The van der Waals surface area contributed by atoms with Gasteiger partial charge in [-0.1, -0.05) is 89.3 Å². The fourth-order valence-corrected chi connectivity index (χ4v) is 3.49. The van der Waals surface area contributed by atoms with E-state index in [1.54, 1.807) is 0 Å². The first-order chi connectivity index (χ1) is 11.2. The minimum atomic E-state index is -1.23. The van der Waals surface area contributed by atoms with E-state index in [0.29, 0.717) is 5.75 Å². The Morgan fingerprint density at radius 1 is 0.870 bits per heavy atom. The molecule has 1 aromatic carbocycles. The molecule has 0 fully saturated rings. The van der Waals surface area contributed by atoms with Crippen LogP contribution in [-0.2, 0) is 11.1 Å². The lowest BCUT2D eigenvalue weighted by atomic mass is 10.1. The SMILES string of the molecule is CCCCCCCCCCCCC(C)S(=O)Oc1ccccc1. The Bertz CT molecular complexity index is 405. The molecule has 0 bridgehead atoms. The quantitative estimate of drug-likeness (QED) is 0.365. The van der Waals surface area contributed by atoms with Crippen LogP contribution in [0, 0.1) is 0 Å². The molecule has 2 nitrogen and oxygen atoms in total. The van der Waals surface area contributed by atoms with Gasteiger partial charge in [-0.25, -0.2) is 4.21 Å². The summed E-state index contributed by atoms with van der Waals surface area (Å²) in [5.41, 5.74) is 0. The summed E-state index contributed by atoms with van der Waals surface area (Å²) in [6.07, 6.45) is 14.3. The van der Waals surface area contributed by atoms with E-state index in [-0.39, 0.29) is 5.25 Å². The smallest absolute Gasteiger partial charge is 0.209 e. The van der Waals surface area contributed by atoms with Crippen LogP contribution in [0.25, 0.3) is 0 Å². The van der Waals surface area contributed by atoms with Crippen LogP contribution in [0.5, 0.6) is 5.75 Å². The summed E-state index contributed by atoms with van der Waals surface area (Å²) >= 11 is -1.23. The summed E-state index contributed by atoms with van der Waals surface area (Å²) in [4.78, 5) is 0. The van der Waals surface area contributed by atoms with Gasteiger partial charge in [0, 0.05) is 0 Å². The monoisotopic (exact) mass is 338 g/mol. The van der Waals surface area contributed by atoms with E-state index in [4.69, 9.17) is 4.18 Å². The second kappa shape index (κ2) is 13.6. The van der Waals surface area contributed by atoms with Crippen LogP contribution in [0.3, 0.4) is 0 Å². The molecule has 2 unspecified atom stereocenters. The van der Waals surface area contributed by atoms with E-state index in [1.165, 1.54) is 57.8 Å². The minimum Gasteiger partial charge on any atom is -0.400 e. The van der Waals surface area contributed by atoms with Gasteiger partial charge in [0.2, 0.25) is 11.1 Å². The van der Waals surface area contributed by atoms with Crippen molar-refractivity contribution in [3.63, 3.8) is 0 Å². The Labute approximate surface area is 145 Å². The topological polar surface area (TPSA) is 26.3 Å². The molecule has 0 spiro atoms. The summed E-state index contributed by atoms with van der Waals surface area (Å²) in [6.45, 7) is 4.28. The van der Waals surface area contributed by atoms with E-state index in [1.807, 2.05) is 37.3 Å². The standard InChI is InChI=1S/C20H34O2S/c1-3-4-5-6-7-8-9-10-11-13-16-19(2)23(21)22-20-17-14-12-15-18-20/h12,14-15,17-19H,3-11,13,16H2,1-2H3. The molecule has 0 amide bonds. The Hall–Kier alpha value is -0.830. The summed E-state index contributed by atoms with van der Waals surface area (Å²) in [7, 11) is 0. The Balaban J connectivity index is 1.97. The molecule has 0 saturated heterocycles. The molecule has 0 aliphatic carbocycles. The van der Waals surface area contributed by atoms with Gasteiger partial charge in [0.15, 0.2) is 0 Å². The van der Waals surface area contributed by atoms with Gasteiger partial charge >= 0.3 is 0 Å². The van der Waals surface area contributed by atoms with Crippen molar-refractivity contribution in [2.75, 3.05) is 0 Å². The predicted octanol–water partition coefficient (Wildman–Crippen LogP) is 6.43. The van der Waals surface area contributed by atoms with Crippen LogP contribution in [-0.4, -0.2) is 9.46 Å². The van der Waals surface area contributed by atoms with Crippen LogP contribution in [0.4, 0.5) is 0 Å². The lowest BCUT2D eigenvalue weighted by Crippen LogP contribution is -2.15. The molecule has 1 aromatic rings. The van der Waals surface area contributed by atoms with E-state index in [2.05, 4.69) is 6.92 Å². The lowest BCUT2D eigenvalue weighted by Gasteiger charge is -2.11. The first kappa shape index (κ1) is 20.2. The highest BCUT2D eigenvalue weighted by atomic mass is 32.2. The van der Waals surface area contributed by atoms with E-state index in [9.17, 15) is 4.21 Å². The first-order valence-electron chi connectivity index (χ1n) is 9.38. The molecule has 0 N–H and O–H groups in total. The molecule has 0 heterocycles. The zero-order chi connectivity index (χ0) is 16.8. The highest BCUT2D eigenvalue weighted by Gasteiger charge is 2.12. The van der Waals surface area contributed by atoms with Crippen molar-refractivity contribution in [3.05, 3.63) is 30.3 Å². The van der Waals surface area contributed by atoms with Crippen molar-refractivity contribution < 1.29 is 8.39 Å². The lowest BCUT2D eigenvalue weighted by molar-refractivity contribution is 0.526. The van der Waals surface area contributed by atoms with Crippen molar-refractivity contribution in [3.8, 4) is 5.75 Å². The largest absolute Gasteiger partial charge is 0.400 e. The van der Waals surface area contributed by atoms with Crippen LogP contribution >= 0.6 is 0 Å². The number of para-hydroxylation sites is 1. The molecule has 0 aliphatic rings. The number of rotatable bonds is 14. The third kappa shape index (κ3) is 10.5. The third-order valence-electron chi connectivity index (χ3n) is 4.21. The molecule has 0 aliphatic heterocycles. The molecule has 0 radical (unpaired) electrons. The molecule has 132 valence electrons. The fraction of sp³-hybridized carbons (Fsp3) is 0.700. The second-order valence-corrected chi connectivity index (χ2v) is 7.93. The summed E-state index contributed by atoms with van der Waals surface area (Å²) in [5, 5.41) is 0.101. The molecular weight excluding hydrogens is 304 g/mol. The van der Waals surface area contributed by atoms with Crippen molar-refractivity contribution in [2.45, 2.75) is 89.7 Å². The highest BCUT2D eigenvalue weighted by molar-refractivity contribution is 7.81.